The Morgan fingerprint density at radius 1 is 1.07 bits per heavy atom. The Morgan fingerprint density at radius 3 is 2.14 bits per heavy atom. The number of hydrogen-bond donors (Lipinski definition) is 2. The van der Waals surface area contributed by atoms with Gasteiger partial charge in [0, 0.05) is 56.8 Å². The van der Waals surface area contributed by atoms with E-state index in [2.05, 4.69) is 68.9 Å². The van der Waals surface area contributed by atoms with E-state index in [0.717, 1.165) is 70.8 Å². The number of guanidine groups is 1. The maximum Gasteiger partial charge on any atom is 0.225 e. The molecule has 0 bridgehead atoms. The number of carbonyl (C=O) groups is 1. The zero-order valence-electron chi connectivity index (χ0n) is 20.1. The molecule has 1 saturated heterocycles. The Kier molecular flexibility index (Phi) is 12.3. The summed E-state index contributed by atoms with van der Waals surface area (Å²) in [4.78, 5) is 22.0. The number of carbonyl (C=O) groups excluding carboxylic acids is 1. The Labute approximate surface area is 179 Å². The van der Waals surface area contributed by atoms with Gasteiger partial charge in [-0.1, -0.05) is 13.8 Å². The van der Waals surface area contributed by atoms with Crippen molar-refractivity contribution < 1.29 is 4.79 Å². The van der Waals surface area contributed by atoms with Gasteiger partial charge < -0.3 is 15.5 Å². The lowest BCUT2D eigenvalue weighted by Crippen LogP contribution is -2.50. The van der Waals surface area contributed by atoms with Crippen LogP contribution in [0.3, 0.4) is 0 Å². The van der Waals surface area contributed by atoms with Crippen molar-refractivity contribution >= 4 is 11.9 Å². The summed E-state index contributed by atoms with van der Waals surface area (Å²) in [6, 6.07) is 1.53. The van der Waals surface area contributed by atoms with Crippen LogP contribution in [0.15, 0.2) is 4.99 Å². The van der Waals surface area contributed by atoms with Crippen LogP contribution in [0.1, 0.15) is 80.6 Å². The largest absolute Gasteiger partial charge is 0.357 e. The van der Waals surface area contributed by atoms with Crippen LogP contribution >= 0.6 is 0 Å². The molecule has 0 aliphatic carbocycles. The zero-order chi connectivity index (χ0) is 21.8. The van der Waals surface area contributed by atoms with E-state index in [1.54, 1.807) is 0 Å². The standard InChI is InChI=1S/C23H47N5O/c1-8-20(9-2)22(29)27-16-12-21(13-17-27)26-23(24-10-3)25-14-11-15-28(18(4)5)19(6)7/h18-21H,8-17H2,1-7H3,(H2,24,25,26). The molecule has 170 valence electrons. The van der Waals surface area contributed by atoms with E-state index in [-0.39, 0.29) is 5.92 Å². The number of amides is 1. The van der Waals surface area contributed by atoms with Crippen LogP contribution in [-0.4, -0.2) is 72.5 Å². The first-order chi connectivity index (χ1) is 13.8. The normalized spacial score (nSPS) is 16.4. The third kappa shape index (κ3) is 8.93. The average Bonchev–Trinajstić information content (AvgIpc) is 2.68. The number of piperidine rings is 1. The Balaban J connectivity index is 2.48. The second-order valence-corrected chi connectivity index (χ2v) is 8.80. The van der Waals surface area contributed by atoms with E-state index in [4.69, 9.17) is 4.99 Å². The highest BCUT2D eigenvalue weighted by Crippen LogP contribution is 2.17. The van der Waals surface area contributed by atoms with Crippen LogP contribution < -0.4 is 10.6 Å². The van der Waals surface area contributed by atoms with Crippen LogP contribution in [0.4, 0.5) is 0 Å². The minimum absolute atomic E-state index is 0.189. The predicted octanol–water partition coefficient (Wildman–Crippen LogP) is 3.48. The smallest absolute Gasteiger partial charge is 0.225 e. The lowest BCUT2D eigenvalue weighted by Gasteiger charge is -2.35. The number of likely N-dealkylation sites (tertiary alicyclic amines) is 1. The predicted molar refractivity (Wildman–Crippen MR) is 124 cm³/mol. The van der Waals surface area contributed by atoms with Gasteiger partial charge in [0.15, 0.2) is 5.96 Å². The molecule has 1 aliphatic rings. The SMILES string of the molecule is CCNC(=NCCCN(C(C)C)C(C)C)NC1CCN(C(=O)C(CC)CC)CC1. The lowest BCUT2D eigenvalue weighted by atomic mass is 9.98. The van der Waals surface area contributed by atoms with Gasteiger partial charge in [0.05, 0.1) is 0 Å². The Bertz CT molecular complexity index is 472. The number of nitrogens with one attached hydrogen (secondary N) is 2. The molecule has 0 aromatic rings. The zero-order valence-corrected chi connectivity index (χ0v) is 20.1. The van der Waals surface area contributed by atoms with Gasteiger partial charge in [0.1, 0.15) is 0 Å². The molecule has 0 saturated carbocycles. The molecular formula is C23H47N5O. The lowest BCUT2D eigenvalue weighted by molar-refractivity contribution is -0.136. The molecule has 6 heteroatoms. The first kappa shape index (κ1) is 25.7. The molecule has 0 spiro atoms. The topological polar surface area (TPSA) is 60.0 Å². The van der Waals surface area contributed by atoms with Crippen LogP contribution in [0.2, 0.25) is 0 Å². The summed E-state index contributed by atoms with van der Waals surface area (Å²) in [7, 11) is 0. The van der Waals surface area contributed by atoms with Crippen molar-refractivity contribution in [1.29, 1.82) is 0 Å². The minimum Gasteiger partial charge on any atom is -0.357 e. The molecule has 0 atom stereocenters. The van der Waals surface area contributed by atoms with Crippen LogP contribution in [0.25, 0.3) is 0 Å². The monoisotopic (exact) mass is 409 g/mol. The molecule has 2 N–H and O–H groups in total. The van der Waals surface area contributed by atoms with Crippen molar-refractivity contribution in [3.05, 3.63) is 0 Å². The second-order valence-electron chi connectivity index (χ2n) is 8.80. The van der Waals surface area contributed by atoms with Crippen molar-refractivity contribution in [2.75, 3.05) is 32.7 Å². The molecule has 0 unspecified atom stereocenters. The number of rotatable bonds is 11. The van der Waals surface area contributed by atoms with E-state index < -0.39 is 0 Å². The van der Waals surface area contributed by atoms with Crippen LogP contribution in [0.5, 0.6) is 0 Å². The van der Waals surface area contributed by atoms with Gasteiger partial charge in [-0.2, -0.15) is 0 Å². The van der Waals surface area contributed by atoms with Crippen molar-refractivity contribution in [2.45, 2.75) is 98.7 Å². The highest BCUT2D eigenvalue weighted by atomic mass is 16.2. The Morgan fingerprint density at radius 2 is 1.66 bits per heavy atom. The van der Waals surface area contributed by atoms with Crippen LogP contribution in [-0.2, 0) is 4.79 Å². The summed E-state index contributed by atoms with van der Waals surface area (Å²) in [5.41, 5.74) is 0. The summed E-state index contributed by atoms with van der Waals surface area (Å²) >= 11 is 0. The summed E-state index contributed by atoms with van der Waals surface area (Å²) in [5.74, 6) is 1.45. The first-order valence-corrected chi connectivity index (χ1v) is 11.9. The number of nitrogens with zero attached hydrogens (tertiary/aromatic N) is 3. The van der Waals surface area contributed by atoms with E-state index in [9.17, 15) is 4.79 Å². The fourth-order valence-corrected chi connectivity index (χ4v) is 4.21. The van der Waals surface area contributed by atoms with Gasteiger partial charge in [0.2, 0.25) is 5.91 Å². The molecule has 1 amide bonds. The van der Waals surface area contributed by atoms with Gasteiger partial charge >= 0.3 is 0 Å². The molecule has 1 fully saturated rings. The minimum atomic E-state index is 0.189. The highest BCUT2D eigenvalue weighted by molar-refractivity contribution is 5.80. The number of hydrogen-bond acceptors (Lipinski definition) is 3. The molecule has 1 rings (SSSR count). The third-order valence-corrected chi connectivity index (χ3v) is 6.00. The average molecular weight is 410 g/mol. The molecule has 0 radical (unpaired) electrons. The van der Waals surface area contributed by atoms with Crippen molar-refractivity contribution in [1.82, 2.24) is 20.4 Å². The van der Waals surface area contributed by atoms with Gasteiger partial charge in [-0.25, -0.2) is 0 Å². The summed E-state index contributed by atoms with van der Waals surface area (Å²) in [6.07, 6.45) is 4.93. The first-order valence-electron chi connectivity index (χ1n) is 11.9. The maximum absolute atomic E-state index is 12.6. The van der Waals surface area contributed by atoms with E-state index in [1.165, 1.54) is 0 Å². The Hall–Kier alpha value is -1.30. The fraction of sp³-hybridized carbons (Fsp3) is 0.913. The summed E-state index contributed by atoms with van der Waals surface area (Å²) in [5, 5.41) is 6.97. The fourth-order valence-electron chi connectivity index (χ4n) is 4.21. The van der Waals surface area contributed by atoms with Crippen molar-refractivity contribution in [2.24, 2.45) is 10.9 Å². The molecular weight excluding hydrogens is 362 g/mol. The van der Waals surface area contributed by atoms with Gasteiger partial charge in [-0.3, -0.25) is 14.7 Å². The van der Waals surface area contributed by atoms with Gasteiger partial charge in [0.25, 0.3) is 0 Å². The summed E-state index contributed by atoms with van der Waals surface area (Å²) < 4.78 is 0. The second kappa shape index (κ2) is 13.8. The molecule has 1 heterocycles. The molecule has 6 nitrogen and oxygen atoms in total. The van der Waals surface area contributed by atoms with Gasteiger partial charge in [-0.05, 0) is 66.7 Å². The summed E-state index contributed by atoms with van der Waals surface area (Å²) in [6.45, 7) is 19.8. The van der Waals surface area contributed by atoms with Crippen molar-refractivity contribution in [3.63, 3.8) is 0 Å². The quantitative estimate of drug-likeness (QED) is 0.312. The number of aliphatic imine (C=N–C) groups is 1. The molecule has 0 aromatic heterocycles. The molecule has 1 aliphatic heterocycles. The van der Waals surface area contributed by atoms with E-state index in [0.29, 0.717) is 24.0 Å². The van der Waals surface area contributed by atoms with Crippen molar-refractivity contribution in [3.8, 4) is 0 Å². The molecule has 0 aromatic carbocycles. The van der Waals surface area contributed by atoms with Crippen LogP contribution in [0, 0.1) is 5.92 Å². The maximum atomic E-state index is 12.6. The van der Waals surface area contributed by atoms with E-state index >= 15 is 0 Å². The third-order valence-electron chi connectivity index (χ3n) is 6.00. The van der Waals surface area contributed by atoms with Gasteiger partial charge in [-0.15, -0.1) is 0 Å². The molecule has 29 heavy (non-hydrogen) atoms. The van der Waals surface area contributed by atoms with E-state index in [1.807, 2.05) is 0 Å². The highest BCUT2D eigenvalue weighted by Gasteiger charge is 2.26.